The Hall–Kier alpha value is -0.830. The Kier molecular flexibility index (Phi) is 1.66. The molecule has 0 radical (unpaired) electrons. The molecule has 11 heavy (non-hydrogen) atoms. The highest BCUT2D eigenvalue weighted by Gasteiger charge is 2.18. The predicted octanol–water partition coefficient (Wildman–Crippen LogP) is 0.497. The average Bonchev–Trinajstić information content (AvgIpc) is 2.55. The third-order valence-electron chi connectivity index (χ3n) is 2.33. The summed E-state index contributed by atoms with van der Waals surface area (Å²) in [6.07, 6.45) is 5.09. The van der Waals surface area contributed by atoms with E-state index in [4.69, 9.17) is 0 Å². The zero-order chi connectivity index (χ0) is 7.68. The zero-order valence-electron chi connectivity index (χ0n) is 6.75. The zero-order valence-corrected chi connectivity index (χ0v) is 6.75. The SMILES string of the molecule is Cn1cncc1C1CCNC1. The lowest BCUT2D eigenvalue weighted by atomic mass is 10.1. The first kappa shape index (κ1) is 6.85. The van der Waals surface area contributed by atoms with Crippen LogP contribution in [-0.4, -0.2) is 22.6 Å². The van der Waals surface area contributed by atoms with E-state index in [0.29, 0.717) is 5.92 Å². The first-order valence-corrected chi connectivity index (χ1v) is 4.05. The van der Waals surface area contributed by atoms with Gasteiger partial charge in [0.2, 0.25) is 0 Å². The van der Waals surface area contributed by atoms with E-state index in [9.17, 15) is 0 Å². The fraction of sp³-hybridized carbons (Fsp3) is 0.625. The number of imidazole rings is 1. The number of nitrogens with one attached hydrogen (secondary N) is 1. The van der Waals surface area contributed by atoms with E-state index in [2.05, 4.69) is 21.9 Å². The van der Waals surface area contributed by atoms with Gasteiger partial charge in [0, 0.05) is 31.4 Å². The molecule has 3 heteroatoms. The monoisotopic (exact) mass is 151 g/mol. The summed E-state index contributed by atoms with van der Waals surface area (Å²) in [6.45, 7) is 2.26. The molecule has 1 fully saturated rings. The topological polar surface area (TPSA) is 29.9 Å². The Bertz CT molecular complexity index is 235. The second kappa shape index (κ2) is 2.66. The molecule has 2 heterocycles. The van der Waals surface area contributed by atoms with E-state index in [1.165, 1.54) is 12.1 Å². The average molecular weight is 151 g/mol. The summed E-state index contributed by atoms with van der Waals surface area (Å²) in [5.41, 5.74) is 1.36. The summed E-state index contributed by atoms with van der Waals surface area (Å²) in [5.74, 6) is 0.683. The third-order valence-corrected chi connectivity index (χ3v) is 2.33. The van der Waals surface area contributed by atoms with Crippen molar-refractivity contribution >= 4 is 0 Å². The van der Waals surface area contributed by atoms with Crippen LogP contribution in [0.15, 0.2) is 12.5 Å². The summed E-state index contributed by atoms with van der Waals surface area (Å²) in [5, 5.41) is 3.35. The van der Waals surface area contributed by atoms with Crippen LogP contribution in [-0.2, 0) is 7.05 Å². The molecule has 1 atom stereocenters. The van der Waals surface area contributed by atoms with Crippen molar-refractivity contribution in [3.05, 3.63) is 18.2 Å². The molecule has 0 bridgehead atoms. The van der Waals surface area contributed by atoms with E-state index in [1.54, 1.807) is 0 Å². The molecule has 1 aromatic heterocycles. The van der Waals surface area contributed by atoms with E-state index >= 15 is 0 Å². The van der Waals surface area contributed by atoms with Crippen LogP contribution in [0.3, 0.4) is 0 Å². The van der Waals surface area contributed by atoms with Gasteiger partial charge < -0.3 is 9.88 Å². The molecular weight excluding hydrogens is 138 g/mol. The van der Waals surface area contributed by atoms with Gasteiger partial charge in [0.25, 0.3) is 0 Å². The number of aromatic nitrogens is 2. The normalized spacial score (nSPS) is 24.3. The van der Waals surface area contributed by atoms with Gasteiger partial charge in [-0.1, -0.05) is 0 Å². The molecule has 1 N–H and O–H groups in total. The molecule has 1 unspecified atom stereocenters. The number of hydrogen-bond acceptors (Lipinski definition) is 2. The smallest absolute Gasteiger partial charge is 0.0945 e. The Labute approximate surface area is 66.4 Å². The molecule has 3 nitrogen and oxygen atoms in total. The maximum Gasteiger partial charge on any atom is 0.0945 e. The van der Waals surface area contributed by atoms with Gasteiger partial charge in [-0.05, 0) is 13.0 Å². The highest BCUT2D eigenvalue weighted by atomic mass is 15.0. The van der Waals surface area contributed by atoms with E-state index in [-0.39, 0.29) is 0 Å². The molecule has 0 amide bonds. The minimum Gasteiger partial charge on any atom is -0.337 e. The standard InChI is InChI=1S/C8H13N3/c1-11-6-10-5-8(11)7-2-3-9-4-7/h5-7,9H,2-4H2,1H3. The van der Waals surface area contributed by atoms with Crippen LogP contribution in [0.2, 0.25) is 0 Å². The second-order valence-corrected chi connectivity index (χ2v) is 3.12. The Balaban J connectivity index is 2.21. The Morgan fingerprint density at radius 1 is 1.73 bits per heavy atom. The minimum atomic E-state index is 0.683. The van der Waals surface area contributed by atoms with Gasteiger partial charge in [-0.3, -0.25) is 0 Å². The van der Waals surface area contributed by atoms with Gasteiger partial charge in [0.1, 0.15) is 0 Å². The van der Waals surface area contributed by atoms with Crippen molar-refractivity contribution in [2.45, 2.75) is 12.3 Å². The maximum atomic E-state index is 4.10. The molecule has 0 spiro atoms. The van der Waals surface area contributed by atoms with Crippen LogP contribution in [0.25, 0.3) is 0 Å². The first-order valence-electron chi connectivity index (χ1n) is 4.05. The predicted molar refractivity (Wildman–Crippen MR) is 43.4 cm³/mol. The van der Waals surface area contributed by atoms with E-state index in [0.717, 1.165) is 13.1 Å². The van der Waals surface area contributed by atoms with Gasteiger partial charge in [-0.25, -0.2) is 4.98 Å². The molecule has 0 aromatic carbocycles. The lowest BCUT2D eigenvalue weighted by molar-refractivity contribution is 0.685. The highest BCUT2D eigenvalue weighted by molar-refractivity contribution is 5.08. The van der Waals surface area contributed by atoms with Crippen LogP contribution in [0, 0.1) is 0 Å². The maximum absolute atomic E-state index is 4.10. The molecule has 1 saturated heterocycles. The largest absolute Gasteiger partial charge is 0.337 e. The lowest BCUT2D eigenvalue weighted by Crippen LogP contribution is -2.09. The van der Waals surface area contributed by atoms with E-state index in [1.807, 2.05) is 12.5 Å². The minimum absolute atomic E-state index is 0.683. The molecule has 60 valence electrons. The summed E-state index contributed by atoms with van der Waals surface area (Å²) in [7, 11) is 2.06. The van der Waals surface area contributed by atoms with Crippen molar-refractivity contribution in [3.63, 3.8) is 0 Å². The van der Waals surface area contributed by atoms with Crippen LogP contribution in [0.5, 0.6) is 0 Å². The Morgan fingerprint density at radius 2 is 2.64 bits per heavy atom. The fourth-order valence-electron chi connectivity index (χ4n) is 1.67. The molecule has 2 rings (SSSR count). The summed E-state index contributed by atoms with van der Waals surface area (Å²) >= 11 is 0. The number of rotatable bonds is 1. The van der Waals surface area contributed by atoms with Crippen LogP contribution in [0.1, 0.15) is 18.0 Å². The van der Waals surface area contributed by atoms with Crippen molar-refractivity contribution in [2.75, 3.05) is 13.1 Å². The Morgan fingerprint density at radius 3 is 3.18 bits per heavy atom. The number of nitrogens with zero attached hydrogens (tertiary/aromatic N) is 2. The number of aryl methyl sites for hydroxylation is 1. The summed E-state index contributed by atoms with van der Waals surface area (Å²) in [6, 6.07) is 0. The van der Waals surface area contributed by atoms with Crippen LogP contribution >= 0.6 is 0 Å². The van der Waals surface area contributed by atoms with Crippen molar-refractivity contribution in [1.82, 2.24) is 14.9 Å². The molecule has 1 aliphatic heterocycles. The van der Waals surface area contributed by atoms with Gasteiger partial charge in [0.15, 0.2) is 0 Å². The molecule has 0 aliphatic carbocycles. The van der Waals surface area contributed by atoms with Crippen molar-refractivity contribution in [2.24, 2.45) is 7.05 Å². The highest BCUT2D eigenvalue weighted by Crippen LogP contribution is 2.20. The summed E-state index contributed by atoms with van der Waals surface area (Å²) in [4.78, 5) is 4.10. The summed E-state index contributed by atoms with van der Waals surface area (Å²) < 4.78 is 2.11. The van der Waals surface area contributed by atoms with Crippen LogP contribution < -0.4 is 5.32 Å². The molecule has 1 aliphatic rings. The number of hydrogen-bond donors (Lipinski definition) is 1. The molecule has 1 aromatic rings. The van der Waals surface area contributed by atoms with Gasteiger partial charge >= 0.3 is 0 Å². The van der Waals surface area contributed by atoms with Crippen molar-refractivity contribution < 1.29 is 0 Å². The lowest BCUT2D eigenvalue weighted by Gasteiger charge is -2.07. The van der Waals surface area contributed by atoms with Crippen molar-refractivity contribution in [1.29, 1.82) is 0 Å². The first-order chi connectivity index (χ1) is 5.38. The quantitative estimate of drug-likeness (QED) is 0.633. The third kappa shape index (κ3) is 1.16. The second-order valence-electron chi connectivity index (χ2n) is 3.12. The van der Waals surface area contributed by atoms with Crippen molar-refractivity contribution in [3.8, 4) is 0 Å². The van der Waals surface area contributed by atoms with E-state index < -0.39 is 0 Å². The van der Waals surface area contributed by atoms with Crippen LogP contribution in [0.4, 0.5) is 0 Å². The molecule has 0 saturated carbocycles. The van der Waals surface area contributed by atoms with Gasteiger partial charge in [-0.15, -0.1) is 0 Å². The van der Waals surface area contributed by atoms with Gasteiger partial charge in [0.05, 0.1) is 6.33 Å². The molecular formula is C8H13N3. The van der Waals surface area contributed by atoms with Gasteiger partial charge in [-0.2, -0.15) is 0 Å². The fourth-order valence-corrected chi connectivity index (χ4v) is 1.67.